The first kappa shape index (κ1) is 21.2. The number of thiocarbonyl (C=S) groups is 1. The summed E-state index contributed by atoms with van der Waals surface area (Å²) in [6, 6.07) is 19.1. The average molecular weight is 456 g/mol. The summed E-state index contributed by atoms with van der Waals surface area (Å²) in [5, 5.41) is 14.7. The summed E-state index contributed by atoms with van der Waals surface area (Å²) < 4.78 is 2.30. The molecule has 4 aromatic rings. The van der Waals surface area contributed by atoms with Crippen molar-refractivity contribution in [1.29, 1.82) is 0 Å². The molecule has 7 heteroatoms. The van der Waals surface area contributed by atoms with Crippen LogP contribution in [0, 0.1) is 13.8 Å². The number of benzene rings is 1. The maximum absolute atomic E-state index is 10.7. The van der Waals surface area contributed by atoms with Gasteiger partial charge in [-0.3, -0.25) is 9.97 Å². The smallest absolute Gasteiger partial charge is 0.174 e. The standard InChI is InChI=1S/C26H25N5OS/c1-17-14-20(18(2)30(17)16-19-8-7-12-27-15-19)25-24(21-9-5-6-13-28-21)29-26(33)31(25)22-10-3-4-11-23(22)32/h3-15,24-25,32H,16H2,1-2H3,(H,29,33)/t24-,25+/m1/s1. The zero-order chi connectivity index (χ0) is 22.9. The predicted octanol–water partition coefficient (Wildman–Crippen LogP) is 4.83. The molecule has 166 valence electrons. The van der Waals surface area contributed by atoms with Crippen LogP contribution < -0.4 is 10.2 Å². The van der Waals surface area contributed by atoms with Crippen LogP contribution in [0.15, 0.2) is 79.3 Å². The van der Waals surface area contributed by atoms with E-state index in [1.54, 1.807) is 18.5 Å². The largest absolute Gasteiger partial charge is 0.506 e. The molecule has 0 bridgehead atoms. The second kappa shape index (κ2) is 8.67. The Morgan fingerprint density at radius 3 is 2.58 bits per heavy atom. The number of anilines is 1. The van der Waals surface area contributed by atoms with Crippen LogP contribution >= 0.6 is 12.2 Å². The second-order valence-electron chi connectivity index (χ2n) is 8.26. The fourth-order valence-corrected chi connectivity index (χ4v) is 4.98. The van der Waals surface area contributed by atoms with Gasteiger partial charge in [-0.2, -0.15) is 0 Å². The van der Waals surface area contributed by atoms with Crippen LogP contribution in [0.25, 0.3) is 0 Å². The molecule has 1 saturated heterocycles. The van der Waals surface area contributed by atoms with Crippen LogP contribution in [0.1, 0.15) is 40.3 Å². The van der Waals surface area contributed by atoms with Crippen LogP contribution in [-0.4, -0.2) is 24.8 Å². The van der Waals surface area contributed by atoms with Crippen molar-refractivity contribution in [2.24, 2.45) is 0 Å². The fraction of sp³-hybridized carbons (Fsp3) is 0.192. The highest BCUT2D eigenvalue weighted by Crippen LogP contribution is 2.45. The lowest BCUT2D eigenvalue weighted by Crippen LogP contribution is -2.29. The van der Waals surface area contributed by atoms with Gasteiger partial charge in [-0.05, 0) is 73.6 Å². The van der Waals surface area contributed by atoms with Crippen molar-refractivity contribution in [3.05, 3.63) is 107 Å². The average Bonchev–Trinajstić information content (AvgIpc) is 3.31. The van der Waals surface area contributed by atoms with Crippen LogP contribution in [0.3, 0.4) is 0 Å². The summed E-state index contributed by atoms with van der Waals surface area (Å²) in [7, 11) is 0. The highest BCUT2D eigenvalue weighted by atomic mass is 32.1. The van der Waals surface area contributed by atoms with Gasteiger partial charge in [-0.1, -0.05) is 24.3 Å². The van der Waals surface area contributed by atoms with Crippen molar-refractivity contribution < 1.29 is 5.11 Å². The zero-order valence-corrected chi connectivity index (χ0v) is 19.3. The third kappa shape index (κ3) is 3.85. The first-order valence-corrected chi connectivity index (χ1v) is 11.3. The molecule has 6 nitrogen and oxygen atoms in total. The van der Waals surface area contributed by atoms with E-state index in [0.717, 1.165) is 34.8 Å². The Bertz CT molecular complexity index is 1290. The third-order valence-corrected chi connectivity index (χ3v) is 6.55. The molecule has 2 atom stereocenters. The number of phenols is 1. The minimum absolute atomic E-state index is 0.161. The number of para-hydroxylation sites is 2. The molecule has 0 aliphatic carbocycles. The topological polar surface area (TPSA) is 66.2 Å². The molecule has 0 radical (unpaired) electrons. The second-order valence-corrected chi connectivity index (χ2v) is 8.65. The van der Waals surface area contributed by atoms with E-state index in [4.69, 9.17) is 12.2 Å². The summed E-state index contributed by atoms with van der Waals surface area (Å²) in [6.45, 7) is 4.99. The minimum atomic E-state index is -0.172. The summed E-state index contributed by atoms with van der Waals surface area (Å²) >= 11 is 5.78. The number of pyridine rings is 2. The van der Waals surface area contributed by atoms with Gasteiger partial charge in [0, 0.05) is 36.5 Å². The molecule has 1 aliphatic rings. The molecular formula is C26H25N5OS. The summed E-state index contributed by atoms with van der Waals surface area (Å²) in [5.41, 5.74) is 6.16. The van der Waals surface area contributed by atoms with Crippen molar-refractivity contribution in [2.75, 3.05) is 4.90 Å². The van der Waals surface area contributed by atoms with Crippen LogP contribution in [-0.2, 0) is 6.54 Å². The molecule has 2 N–H and O–H groups in total. The van der Waals surface area contributed by atoms with E-state index >= 15 is 0 Å². The molecule has 1 aromatic carbocycles. The summed E-state index contributed by atoms with van der Waals surface area (Å²) in [6.07, 6.45) is 5.48. The van der Waals surface area contributed by atoms with E-state index in [0.29, 0.717) is 10.8 Å². The minimum Gasteiger partial charge on any atom is -0.506 e. The van der Waals surface area contributed by atoms with E-state index in [-0.39, 0.29) is 17.8 Å². The lowest BCUT2D eigenvalue weighted by Gasteiger charge is -2.28. The van der Waals surface area contributed by atoms with E-state index in [1.165, 1.54) is 0 Å². The van der Waals surface area contributed by atoms with Crippen molar-refractivity contribution >= 4 is 23.0 Å². The molecular weight excluding hydrogens is 430 g/mol. The van der Waals surface area contributed by atoms with Crippen molar-refractivity contribution in [3.8, 4) is 5.75 Å². The molecule has 4 heterocycles. The van der Waals surface area contributed by atoms with Gasteiger partial charge in [-0.15, -0.1) is 0 Å². The van der Waals surface area contributed by atoms with Crippen molar-refractivity contribution in [3.63, 3.8) is 0 Å². The van der Waals surface area contributed by atoms with Crippen LogP contribution in [0.5, 0.6) is 5.75 Å². The number of hydrogen-bond donors (Lipinski definition) is 2. The van der Waals surface area contributed by atoms with Gasteiger partial charge in [0.1, 0.15) is 5.75 Å². The zero-order valence-electron chi connectivity index (χ0n) is 18.5. The Kier molecular flexibility index (Phi) is 5.56. The number of rotatable bonds is 5. The van der Waals surface area contributed by atoms with Gasteiger partial charge >= 0.3 is 0 Å². The van der Waals surface area contributed by atoms with Gasteiger partial charge in [-0.25, -0.2) is 0 Å². The quantitative estimate of drug-likeness (QED) is 0.421. The number of aryl methyl sites for hydroxylation is 1. The van der Waals surface area contributed by atoms with Crippen molar-refractivity contribution in [1.82, 2.24) is 19.9 Å². The first-order chi connectivity index (χ1) is 16.0. The SMILES string of the molecule is Cc1cc([C@H]2[C@@H](c3ccccn3)NC(=S)N2c2ccccc2O)c(C)n1Cc1cccnc1. The normalized spacial score (nSPS) is 17.9. The van der Waals surface area contributed by atoms with E-state index in [2.05, 4.69) is 45.8 Å². The van der Waals surface area contributed by atoms with Gasteiger partial charge in [0.25, 0.3) is 0 Å². The van der Waals surface area contributed by atoms with Gasteiger partial charge in [0.05, 0.1) is 23.5 Å². The summed E-state index contributed by atoms with van der Waals surface area (Å²) in [5.74, 6) is 0.192. The number of aromatic nitrogens is 3. The molecule has 33 heavy (non-hydrogen) atoms. The Morgan fingerprint density at radius 1 is 1.03 bits per heavy atom. The molecule has 1 aliphatic heterocycles. The number of aromatic hydroxyl groups is 1. The van der Waals surface area contributed by atoms with Crippen LogP contribution in [0.4, 0.5) is 5.69 Å². The van der Waals surface area contributed by atoms with E-state index < -0.39 is 0 Å². The highest BCUT2D eigenvalue weighted by Gasteiger charge is 2.42. The predicted molar refractivity (Wildman–Crippen MR) is 133 cm³/mol. The first-order valence-electron chi connectivity index (χ1n) is 10.9. The number of nitrogens with one attached hydrogen (secondary N) is 1. The fourth-order valence-electron chi connectivity index (χ4n) is 4.64. The Morgan fingerprint density at radius 2 is 1.85 bits per heavy atom. The molecule has 0 unspecified atom stereocenters. The Labute approximate surface area is 198 Å². The van der Waals surface area contributed by atoms with E-state index in [1.807, 2.05) is 53.6 Å². The maximum Gasteiger partial charge on any atom is 0.174 e. The van der Waals surface area contributed by atoms with Gasteiger partial charge in [0.15, 0.2) is 5.11 Å². The molecule has 5 rings (SSSR count). The molecule has 3 aromatic heterocycles. The maximum atomic E-state index is 10.7. The summed E-state index contributed by atoms with van der Waals surface area (Å²) in [4.78, 5) is 10.9. The molecule has 0 amide bonds. The highest BCUT2D eigenvalue weighted by molar-refractivity contribution is 7.80. The number of phenolic OH excluding ortho intramolecular Hbond substituents is 1. The molecule has 0 saturated carbocycles. The van der Waals surface area contributed by atoms with E-state index in [9.17, 15) is 5.11 Å². The third-order valence-electron chi connectivity index (χ3n) is 6.23. The van der Waals surface area contributed by atoms with Gasteiger partial charge < -0.3 is 19.9 Å². The lowest BCUT2D eigenvalue weighted by atomic mass is 9.96. The lowest BCUT2D eigenvalue weighted by molar-refractivity contribution is 0.472. The Balaban J connectivity index is 1.64. The monoisotopic (exact) mass is 455 g/mol. The van der Waals surface area contributed by atoms with Gasteiger partial charge in [0.2, 0.25) is 0 Å². The number of hydrogen-bond acceptors (Lipinski definition) is 4. The van der Waals surface area contributed by atoms with Crippen molar-refractivity contribution in [2.45, 2.75) is 32.5 Å². The Hall–Kier alpha value is -3.71. The van der Waals surface area contributed by atoms with Crippen LogP contribution in [0.2, 0.25) is 0 Å². The number of nitrogens with zero attached hydrogens (tertiary/aromatic N) is 4. The molecule has 0 spiro atoms. The molecule has 1 fully saturated rings.